The van der Waals surface area contributed by atoms with Crippen LogP contribution >= 0.6 is 0 Å². The molecule has 0 fully saturated rings. The Kier molecular flexibility index (Phi) is 2.11. The number of H-pyrrole nitrogens is 1. The Hall–Kier alpha value is -2.63. The molecule has 17 heavy (non-hydrogen) atoms. The number of hydrogen-bond donors (Lipinski definition) is 2. The summed E-state index contributed by atoms with van der Waals surface area (Å²) < 4.78 is 4.60. The van der Waals surface area contributed by atoms with Crippen LogP contribution in [0, 0.1) is 0 Å². The first-order chi connectivity index (χ1) is 8.34. The number of aromatic nitrogens is 3. The van der Waals surface area contributed by atoms with E-state index in [0.29, 0.717) is 5.82 Å². The van der Waals surface area contributed by atoms with Gasteiger partial charge in [0.2, 0.25) is 0 Å². The van der Waals surface area contributed by atoms with Gasteiger partial charge >= 0.3 is 0 Å². The van der Waals surface area contributed by atoms with E-state index in [-0.39, 0.29) is 11.6 Å². The van der Waals surface area contributed by atoms with Crippen molar-refractivity contribution in [2.45, 2.75) is 0 Å². The van der Waals surface area contributed by atoms with Crippen LogP contribution in [0.4, 0.5) is 5.82 Å². The molecule has 84 valence electrons. The van der Waals surface area contributed by atoms with Crippen molar-refractivity contribution in [1.82, 2.24) is 15.4 Å². The van der Waals surface area contributed by atoms with E-state index in [1.54, 1.807) is 0 Å². The fourth-order valence-electron chi connectivity index (χ4n) is 1.56. The standard InChI is InChI=1S/C11H8N4O2/c16-11(9-5-6-17-15-9)12-10-7-3-1-2-4-8(7)13-14-10/h1-6H,(H2,12,13,14,16). The van der Waals surface area contributed by atoms with Crippen molar-refractivity contribution < 1.29 is 9.32 Å². The third-order valence-electron chi connectivity index (χ3n) is 2.37. The molecule has 3 rings (SSSR count). The van der Waals surface area contributed by atoms with Crippen molar-refractivity contribution >= 4 is 22.6 Å². The second-order valence-corrected chi connectivity index (χ2v) is 3.46. The molecule has 1 aromatic carbocycles. The van der Waals surface area contributed by atoms with Crippen LogP contribution in [0.25, 0.3) is 10.9 Å². The van der Waals surface area contributed by atoms with Gasteiger partial charge in [-0.1, -0.05) is 17.3 Å². The minimum absolute atomic E-state index is 0.220. The summed E-state index contributed by atoms with van der Waals surface area (Å²) in [6, 6.07) is 9.02. The summed E-state index contributed by atoms with van der Waals surface area (Å²) >= 11 is 0. The van der Waals surface area contributed by atoms with E-state index in [1.807, 2.05) is 24.3 Å². The lowest BCUT2D eigenvalue weighted by atomic mass is 10.2. The topological polar surface area (TPSA) is 83.8 Å². The van der Waals surface area contributed by atoms with Crippen LogP contribution in [-0.4, -0.2) is 21.3 Å². The summed E-state index contributed by atoms with van der Waals surface area (Å²) in [7, 11) is 0. The van der Waals surface area contributed by atoms with Gasteiger partial charge in [-0.2, -0.15) is 5.10 Å². The first kappa shape index (κ1) is 9.59. The lowest BCUT2D eigenvalue weighted by Gasteiger charge is -1.98. The van der Waals surface area contributed by atoms with Crippen molar-refractivity contribution in [2.24, 2.45) is 0 Å². The van der Waals surface area contributed by atoms with Gasteiger partial charge in [0.15, 0.2) is 11.5 Å². The maximum absolute atomic E-state index is 11.7. The molecule has 0 aliphatic rings. The summed E-state index contributed by atoms with van der Waals surface area (Å²) in [6.45, 7) is 0. The Labute approximate surface area is 95.6 Å². The lowest BCUT2D eigenvalue weighted by Crippen LogP contribution is -2.12. The van der Waals surface area contributed by atoms with Crippen molar-refractivity contribution in [2.75, 3.05) is 5.32 Å². The molecule has 1 amide bonds. The number of fused-ring (bicyclic) bond motifs is 1. The zero-order valence-electron chi connectivity index (χ0n) is 8.68. The first-order valence-electron chi connectivity index (χ1n) is 4.99. The van der Waals surface area contributed by atoms with E-state index in [0.717, 1.165) is 10.9 Å². The monoisotopic (exact) mass is 228 g/mol. The Morgan fingerprint density at radius 3 is 3.00 bits per heavy atom. The lowest BCUT2D eigenvalue weighted by molar-refractivity contribution is 0.101. The smallest absolute Gasteiger partial charge is 0.279 e. The molecular formula is C11H8N4O2. The van der Waals surface area contributed by atoms with E-state index in [1.165, 1.54) is 12.3 Å². The summed E-state index contributed by atoms with van der Waals surface area (Å²) in [5.74, 6) is 0.129. The van der Waals surface area contributed by atoms with Gasteiger partial charge in [-0.3, -0.25) is 9.89 Å². The summed E-state index contributed by atoms with van der Waals surface area (Å²) in [5, 5.41) is 13.9. The van der Waals surface area contributed by atoms with Gasteiger partial charge in [0.1, 0.15) is 6.26 Å². The van der Waals surface area contributed by atoms with Crippen LogP contribution in [-0.2, 0) is 0 Å². The molecular weight excluding hydrogens is 220 g/mol. The molecule has 3 aromatic rings. The summed E-state index contributed by atoms with van der Waals surface area (Å²) in [5.41, 5.74) is 1.08. The molecule has 0 radical (unpaired) electrons. The normalized spacial score (nSPS) is 10.6. The molecule has 0 bridgehead atoms. The maximum atomic E-state index is 11.7. The molecule has 2 aromatic heterocycles. The highest BCUT2D eigenvalue weighted by molar-refractivity contribution is 6.06. The highest BCUT2D eigenvalue weighted by atomic mass is 16.5. The first-order valence-corrected chi connectivity index (χ1v) is 4.99. The molecule has 0 aliphatic carbocycles. The van der Waals surface area contributed by atoms with Gasteiger partial charge in [-0.05, 0) is 12.1 Å². The number of para-hydroxylation sites is 1. The van der Waals surface area contributed by atoms with E-state index in [4.69, 9.17) is 0 Å². The van der Waals surface area contributed by atoms with Crippen LogP contribution in [0.1, 0.15) is 10.5 Å². The van der Waals surface area contributed by atoms with Crippen LogP contribution in [0.5, 0.6) is 0 Å². The molecule has 0 spiro atoms. The molecule has 0 unspecified atom stereocenters. The van der Waals surface area contributed by atoms with E-state index >= 15 is 0 Å². The van der Waals surface area contributed by atoms with Crippen LogP contribution in [0.15, 0.2) is 41.1 Å². The molecule has 0 saturated carbocycles. The van der Waals surface area contributed by atoms with Crippen LogP contribution in [0.3, 0.4) is 0 Å². The Morgan fingerprint density at radius 1 is 1.29 bits per heavy atom. The Morgan fingerprint density at radius 2 is 2.18 bits per heavy atom. The minimum atomic E-state index is -0.351. The number of amides is 1. The zero-order chi connectivity index (χ0) is 11.7. The Bertz CT molecular complexity index is 657. The largest absolute Gasteiger partial charge is 0.364 e. The van der Waals surface area contributed by atoms with Crippen molar-refractivity contribution in [3.63, 3.8) is 0 Å². The maximum Gasteiger partial charge on any atom is 0.279 e. The molecule has 0 aliphatic heterocycles. The average molecular weight is 228 g/mol. The molecule has 2 heterocycles. The van der Waals surface area contributed by atoms with E-state index < -0.39 is 0 Å². The molecule has 6 heteroatoms. The number of carbonyl (C=O) groups is 1. The van der Waals surface area contributed by atoms with E-state index in [2.05, 4.69) is 25.2 Å². The number of carbonyl (C=O) groups excluding carboxylic acids is 1. The van der Waals surface area contributed by atoms with Crippen molar-refractivity contribution in [3.8, 4) is 0 Å². The SMILES string of the molecule is O=C(Nc1n[nH]c2ccccc12)c1ccon1. The van der Waals surface area contributed by atoms with Crippen molar-refractivity contribution in [3.05, 3.63) is 42.3 Å². The number of hydrogen-bond acceptors (Lipinski definition) is 4. The van der Waals surface area contributed by atoms with Gasteiger partial charge in [-0.15, -0.1) is 0 Å². The minimum Gasteiger partial charge on any atom is -0.364 e. The van der Waals surface area contributed by atoms with Crippen LogP contribution < -0.4 is 5.32 Å². The highest BCUT2D eigenvalue weighted by Gasteiger charge is 2.12. The number of nitrogens with one attached hydrogen (secondary N) is 2. The fourth-order valence-corrected chi connectivity index (χ4v) is 1.56. The van der Waals surface area contributed by atoms with Crippen molar-refractivity contribution in [1.29, 1.82) is 0 Å². The molecule has 6 nitrogen and oxygen atoms in total. The van der Waals surface area contributed by atoms with Gasteiger partial charge in [0.25, 0.3) is 5.91 Å². The third kappa shape index (κ3) is 1.65. The summed E-state index contributed by atoms with van der Waals surface area (Å²) in [4.78, 5) is 11.7. The van der Waals surface area contributed by atoms with Crippen LogP contribution in [0.2, 0.25) is 0 Å². The number of rotatable bonds is 2. The second kappa shape index (κ2) is 3.75. The number of aromatic amines is 1. The van der Waals surface area contributed by atoms with Gasteiger partial charge in [0.05, 0.1) is 5.52 Å². The zero-order valence-corrected chi connectivity index (χ0v) is 8.68. The number of benzene rings is 1. The molecule has 2 N–H and O–H groups in total. The predicted molar refractivity (Wildman–Crippen MR) is 60.5 cm³/mol. The third-order valence-corrected chi connectivity index (χ3v) is 2.37. The Balaban J connectivity index is 1.93. The molecule has 0 saturated heterocycles. The number of anilines is 1. The molecule has 0 atom stereocenters. The predicted octanol–water partition coefficient (Wildman–Crippen LogP) is 1.80. The number of nitrogens with zero attached hydrogens (tertiary/aromatic N) is 2. The van der Waals surface area contributed by atoms with Gasteiger partial charge < -0.3 is 9.84 Å². The average Bonchev–Trinajstić information content (AvgIpc) is 2.98. The second-order valence-electron chi connectivity index (χ2n) is 3.46. The summed E-state index contributed by atoms with van der Waals surface area (Å²) in [6.07, 6.45) is 1.34. The van der Waals surface area contributed by atoms with E-state index in [9.17, 15) is 4.79 Å². The highest BCUT2D eigenvalue weighted by Crippen LogP contribution is 2.19. The van der Waals surface area contributed by atoms with Gasteiger partial charge in [0, 0.05) is 11.5 Å². The quantitative estimate of drug-likeness (QED) is 0.700. The fraction of sp³-hybridized carbons (Fsp3) is 0. The van der Waals surface area contributed by atoms with Gasteiger partial charge in [-0.25, -0.2) is 0 Å².